The van der Waals surface area contributed by atoms with Gasteiger partial charge in [-0.25, -0.2) is 4.79 Å². The quantitative estimate of drug-likeness (QED) is 0.939. The Hall–Kier alpha value is -2.49. The minimum absolute atomic E-state index is 0.0699. The van der Waals surface area contributed by atoms with Gasteiger partial charge in [-0.2, -0.15) is 0 Å². The Morgan fingerprint density at radius 1 is 1.09 bits per heavy atom. The Morgan fingerprint density at radius 2 is 1.77 bits per heavy atom. The summed E-state index contributed by atoms with van der Waals surface area (Å²) in [6.45, 7) is 4.58. The Labute approximate surface area is 130 Å². The average Bonchev–Trinajstić information content (AvgIpc) is 2.52. The van der Waals surface area contributed by atoms with Crippen molar-refractivity contribution >= 4 is 11.7 Å². The molecular weight excluding hydrogens is 276 g/mol. The monoisotopic (exact) mass is 296 g/mol. The van der Waals surface area contributed by atoms with Crippen molar-refractivity contribution in [2.45, 2.75) is 25.9 Å². The van der Waals surface area contributed by atoms with Crippen LogP contribution in [-0.4, -0.2) is 13.1 Å². The van der Waals surface area contributed by atoms with Gasteiger partial charge >= 0.3 is 6.03 Å². The lowest BCUT2D eigenvalue weighted by Crippen LogP contribution is -2.53. The third kappa shape index (κ3) is 2.52. The second-order valence-electron chi connectivity index (χ2n) is 6.01. The van der Waals surface area contributed by atoms with Gasteiger partial charge < -0.3 is 10.1 Å². The topological polar surface area (TPSA) is 41.6 Å². The molecule has 0 aliphatic carbocycles. The van der Waals surface area contributed by atoms with Gasteiger partial charge in [-0.1, -0.05) is 30.3 Å². The van der Waals surface area contributed by atoms with Crippen LogP contribution in [0.3, 0.4) is 0 Å². The molecule has 0 aromatic heterocycles. The summed E-state index contributed by atoms with van der Waals surface area (Å²) in [4.78, 5) is 14.3. The van der Waals surface area contributed by atoms with Crippen LogP contribution in [0.15, 0.2) is 48.5 Å². The molecular formula is C18H20N2O2. The smallest absolute Gasteiger partial charge is 0.322 e. The molecule has 2 aromatic rings. The number of fused-ring (bicyclic) bond motifs is 1. The number of ether oxygens (including phenoxy) is 1. The summed E-state index contributed by atoms with van der Waals surface area (Å²) < 4.78 is 5.17. The number of carbonyl (C=O) groups excluding carboxylic acids is 1. The predicted octanol–water partition coefficient (Wildman–Crippen LogP) is 3.66. The molecule has 0 saturated heterocycles. The molecule has 4 nitrogen and oxygen atoms in total. The first kappa shape index (κ1) is 14.4. The summed E-state index contributed by atoms with van der Waals surface area (Å²) in [7, 11) is 1.64. The first-order valence-electron chi connectivity index (χ1n) is 7.33. The van der Waals surface area contributed by atoms with E-state index in [1.54, 1.807) is 12.0 Å². The van der Waals surface area contributed by atoms with Gasteiger partial charge in [0.25, 0.3) is 0 Å². The molecule has 114 valence electrons. The number of amides is 2. The fourth-order valence-corrected chi connectivity index (χ4v) is 2.82. The van der Waals surface area contributed by atoms with E-state index in [9.17, 15) is 4.79 Å². The maximum absolute atomic E-state index is 12.5. The second kappa shape index (κ2) is 5.37. The second-order valence-corrected chi connectivity index (χ2v) is 6.01. The largest absolute Gasteiger partial charge is 0.497 e. The molecule has 0 radical (unpaired) electrons. The van der Waals surface area contributed by atoms with Gasteiger partial charge in [0.05, 0.1) is 24.9 Å². The molecule has 1 heterocycles. The van der Waals surface area contributed by atoms with E-state index < -0.39 is 0 Å². The van der Waals surface area contributed by atoms with Crippen LogP contribution >= 0.6 is 0 Å². The number of methoxy groups -OCH3 is 1. The van der Waals surface area contributed by atoms with Crippen LogP contribution in [0.1, 0.15) is 25.0 Å². The van der Waals surface area contributed by atoms with Crippen molar-refractivity contribution in [3.05, 3.63) is 59.7 Å². The Morgan fingerprint density at radius 3 is 2.45 bits per heavy atom. The number of benzene rings is 2. The highest BCUT2D eigenvalue weighted by Crippen LogP contribution is 2.35. The number of urea groups is 1. The zero-order valence-corrected chi connectivity index (χ0v) is 13.1. The van der Waals surface area contributed by atoms with E-state index in [0.717, 1.165) is 22.6 Å². The van der Waals surface area contributed by atoms with Crippen molar-refractivity contribution in [2.24, 2.45) is 0 Å². The Bertz CT molecular complexity index is 692. The lowest BCUT2D eigenvalue weighted by atomic mass is 9.90. The maximum atomic E-state index is 12.5. The van der Waals surface area contributed by atoms with Crippen LogP contribution in [0.2, 0.25) is 0 Å². The summed E-state index contributed by atoms with van der Waals surface area (Å²) in [6, 6.07) is 15.7. The van der Waals surface area contributed by atoms with Crippen LogP contribution in [0.5, 0.6) is 5.75 Å². The molecule has 0 atom stereocenters. The van der Waals surface area contributed by atoms with E-state index in [1.807, 2.05) is 56.3 Å². The molecule has 0 fully saturated rings. The van der Waals surface area contributed by atoms with E-state index in [1.165, 1.54) is 0 Å². The summed E-state index contributed by atoms with van der Waals surface area (Å²) >= 11 is 0. The Balaban J connectivity index is 1.94. The van der Waals surface area contributed by atoms with Crippen LogP contribution < -0.4 is 15.0 Å². The molecule has 0 unspecified atom stereocenters. The number of para-hydroxylation sites is 1. The van der Waals surface area contributed by atoms with Crippen molar-refractivity contribution in [1.82, 2.24) is 5.32 Å². The molecule has 1 aliphatic heterocycles. The zero-order chi connectivity index (χ0) is 15.7. The molecule has 0 bridgehead atoms. The van der Waals surface area contributed by atoms with E-state index in [4.69, 9.17) is 4.74 Å². The number of anilines is 1. The number of carbonyl (C=O) groups is 1. The van der Waals surface area contributed by atoms with Crippen LogP contribution in [0.25, 0.3) is 0 Å². The number of hydrogen-bond donors (Lipinski definition) is 1. The van der Waals surface area contributed by atoms with Gasteiger partial charge in [0, 0.05) is 5.56 Å². The predicted molar refractivity (Wildman–Crippen MR) is 87.2 cm³/mol. The van der Waals surface area contributed by atoms with Gasteiger partial charge in [-0.15, -0.1) is 0 Å². The van der Waals surface area contributed by atoms with Gasteiger partial charge in [-0.05, 0) is 37.6 Å². The SMILES string of the molecule is COc1ccc(CN2C(=O)NC(C)(C)c3ccccc32)cc1. The summed E-state index contributed by atoms with van der Waals surface area (Å²) in [5.74, 6) is 0.813. The zero-order valence-electron chi connectivity index (χ0n) is 13.1. The van der Waals surface area contributed by atoms with Crippen molar-refractivity contribution in [3.63, 3.8) is 0 Å². The molecule has 4 heteroatoms. The minimum Gasteiger partial charge on any atom is -0.497 e. The summed E-state index contributed by atoms with van der Waals surface area (Å²) in [6.07, 6.45) is 0. The molecule has 2 aromatic carbocycles. The normalized spacial score (nSPS) is 16.0. The molecule has 1 N–H and O–H groups in total. The summed E-state index contributed by atoms with van der Waals surface area (Å²) in [5.41, 5.74) is 2.80. The lowest BCUT2D eigenvalue weighted by Gasteiger charge is -2.39. The highest BCUT2D eigenvalue weighted by atomic mass is 16.5. The third-order valence-electron chi connectivity index (χ3n) is 4.03. The number of hydrogen-bond acceptors (Lipinski definition) is 2. The molecule has 0 saturated carbocycles. The van der Waals surface area contributed by atoms with Crippen LogP contribution in [0.4, 0.5) is 10.5 Å². The van der Waals surface area contributed by atoms with Crippen LogP contribution in [-0.2, 0) is 12.1 Å². The van der Waals surface area contributed by atoms with Crippen LogP contribution in [0, 0.1) is 0 Å². The first-order chi connectivity index (χ1) is 10.5. The van der Waals surface area contributed by atoms with Gasteiger partial charge in [-0.3, -0.25) is 4.90 Å². The standard InChI is InChI=1S/C18H20N2O2/c1-18(2)15-6-4-5-7-16(15)20(17(21)19-18)12-13-8-10-14(22-3)11-9-13/h4-11H,12H2,1-3H3,(H,19,21). The fourth-order valence-electron chi connectivity index (χ4n) is 2.82. The maximum Gasteiger partial charge on any atom is 0.322 e. The Kier molecular flexibility index (Phi) is 3.53. The average molecular weight is 296 g/mol. The highest BCUT2D eigenvalue weighted by molar-refractivity contribution is 5.96. The first-order valence-corrected chi connectivity index (χ1v) is 7.33. The fraction of sp³-hybridized carbons (Fsp3) is 0.278. The highest BCUT2D eigenvalue weighted by Gasteiger charge is 2.35. The molecule has 2 amide bonds. The van der Waals surface area contributed by atoms with Crippen molar-refractivity contribution in [2.75, 3.05) is 12.0 Å². The molecule has 3 rings (SSSR count). The van der Waals surface area contributed by atoms with Crippen molar-refractivity contribution < 1.29 is 9.53 Å². The van der Waals surface area contributed by atoms with Crippen molar-refractivity contribution in [1.29, 1.82) is 0 Å². The summed E-state index contributed by atoms with van der Waals surface area (Å²) in [5, 5.41) is 3.07. The number of nitrogens with zero attached hydrogens (tertiary/aromatic N) is 1. The molecule has 0 spiro atoms. The van der Waals surface area contributed by atoms with E-state index >= 15 is 0 Å². The van der Waals surface area contributed by atoms with Gasteiger partial charge in [0.1, 0.15) is 5.75 Å². The van der Waals surface area contributed by atoms with E-state index in [2.05, 4.69) is 11.4 Å². The van der Waals surface area contributed by atoms with E-state index in [0.29, 0.717) is 6.54 Å². The van der Waals surface area contributed by atoms with Gasteiger partial charge in [0.2, 0.25) is 0 Å². The van der Waals surface area contributed by atoms with E-state index in [-0.39, 0.29) is 11.6 Å². The number of nitrogens with one attached hydrogen (secondary N) is 1. The number of rotatable bonds is 3. The third-order valence-corrected chi connectivity index (χ3v) is 4.03. The molecule has 1 aliphatic rings. The minimum atomic E-state index is -0.357. The van der Waals surface area contributed by atoms with Gasteiger partial charge in [0.15, 0.2) is 0 Å². The lowest BCUT2D eigenvalue weighted by molar-refractivity contribution is 0.232. The molecule has 22 heavy (non-hydrogen) atoms. The van der Waals surface area contributed by atoms with Crippen molar-refractivity contribution in [3.8, 4) is 5.75 Å².